The van der Waals surface area contributed by atoms with Crippen LogP contribution in [0.1, 0.15) is 18.9 Å². The Morgan fingerprint density at radius 1 is 1.23 bits per heavy atom. The first kappa shape index (κ1) is 18.0. The number of nitrogens with one attached hydrogen (secondary N) is 1. The Morgan fingerprint density at radius 3 is 2.58 bits per heavy atom. The second-order valence-electron chi connectivity index (χ2n) is 6.09. The maximum absolute atomic E-state index is 13.4. The lowest BCUT2D eigenvalue weighted by atomic mass is 9.95. The number of methoxy groups -OCH3 is 1. The van der Waals surface area contributed by atoms with Gasteiger partial charge in [0.2, 0.25) is 5.60 Å². The number of carbonyl (C=O) groups is 2. The lowest BCUT2D eigenvalue weighted by molar-refractivity contribution is -0.141. The van der Waals surface area contributed by atoms with E-state index in [4.69, 9.17) is 9.57 Å². The molecule has 0 spiro atoms. The zero-order valence-electron chi connectivity index (χ0n) is 14.1. The number of hydrogen-bond acceptors (Lipinski definition) is 6. The largest absolute Gasteiger partial charge is 0.466 e. The van der Waals surface area contributed by atoms with Crippen LogP contribution in [0.2, 0.25) is 0 Å². The molecule has 0 aliphatic carbocycles. The molecule has 0 aromatic heterocycles. The van der Waals surface area contributed by atoms with Gasteiger partial charge in [-0.05, 0) is 19.1 Å². The molecule has 138 valence electrons. The first-order valence-electron chi connectivity index (χ1n) is 7.73. The fourth-order valence-corrected chi connectivity index (χ4v) is 2.65. The van der Waals surface area contributed by atoms with Gasteiger partial charge in [0.25, 0.3) is 5.91 Å². The predicted molar refractivity (Wildman–Crippen MR) is 85.0 cm³/mol. The average Bonchev–Trinajstić information content (AvgIpc) is 3.21. The molecule has 26 heavy (non-hydrogen) atoms. The number of halogens is 2. The predicted octanol–water partition coefficient (Wildman–Crippen LogP) is 1.42. The molecule has 1 amide bonds. The first-order chi connectivity index (χ1) is 12.3. The second-order valence-corrected chi connectivity index (χ2v) is 6.09. The SMILES string of the molecule is COC(=O)C1=C(NC(=O)C2(C)CC(c3cc(F)cc(F)c3)=NO2)COC1. The highest BCUT2D eigenvalue weighted by molar-refractivity contribution is 6.05. The van der Waals surface area contributed by atoms with Crippen molar-refractivity contribution in [2.24, 2.45) is 5.16 Å². The van der Waals surface area contributed by atoms with Crippen molar-refractivity contribution in [1.29, 1.82) is 0 Å². The number of esters is 1. The first-order valence-corrected chi connectivity index (χ1v) is 7.73. The van der Waals surface area contributed by atoms with E-state index in [-0.39, 0.29) is 42.2 Å². The maximum Gasteiger partial charge on any atom is 0.337 e. The van der Waals surface area contributed by atoms with Crippen LogP contribution in [0.15, 0.2) is 34.6 Å². The minimum absolute atomic E-state index is 0.00339. The number of nitrogens with zero attached hydrogens (tertiary/aromatic N) is 1. The number of benzene rings is 1. The Morgan fingerprint density at radius 2 is 1.92 bits per heavy atom. The van der Waals surface area contributed by atoms with Gasteiger partial charge in [-0.2, -0.15) is 0 Å². The van der Waals surface area contributed by atoms with E-state index < -0.39 is 29.1 Å². The van der Waals surface area contributed by atoms with Crippen LogP contribution in [0.25, 0.3) is 0 Å². The number of oxime groups is 1. The highest BCUT2D eigenvalue weighted by atomic mass is 19.1. The monoisotopic (exact) mass is 366 g/mol. The van der Waals surface area contributed by atoms with Gasteiger partial charge in [0.15, 0.2) is 0 Å². The van der Waals surface area contributed by atoms with Crippen LogP contribution >= 0.6 is 0 Å². The van der Waals surface area contributed by atoms with Crippen LogP contribution in [-0.2, 0) is 23.9 Å². The van der Waals surface area contributed by atoms with Crippen molar-refractivity contribution in [3.63, 3.8) is 0 Å². The molecule has 0 radical (unpaired) electrons. The molecule has 1 aromatic carbocycles. The molecule has 7 nitrogen and oxygen atoms in total. The summed E-state index contributed by atoms with van der Waals surface area (Å²) in [6.45, 7) is 1.57. The van der Waals surface area contributed by atoms with Gasteiger partial charge in [-0.25, -0.2) is 13.6 Å². The minimum atomic E-state index is -1.39. The number of ether oxygens (including phenoxy) is 2. The standard InChI is InChI=1S/C17H16F2N2O5/c1-17(16(23)20-14-8-25-7-12(14)15(22)24-2)6-13(21-26-17)9-3-10(18)5-11(19)4-9/h3-5H,6-8H2,1-2H3,(H,20,23). The average molecular weight is 366 g/mol. The smallest absolute Gasteiger partial charge is 0.337 e. The Balaban J connectivity index is 1.74. The molecule has 2 aliphatic rings. The van der Waals surface area contributed by atoms with Crippen molar-refractivity contribution in [2.45, 2.75) is 18.9 Å². The third-order valence-corrected chi connectivity index (χ3v) is 4.09. The Bertz CT molecular complexity index is 816. The lowest BCUT2D eigenvalue weighted by Crippen LogP contribution is -2.45. The quantitative estimate of drug-likeness (QED) is 0.815. The van der Waals surface area contributed by atoms with Crippen molar-refractivity contribution in [2.75, 3.05) is 20.3 Å². The molecule has 2 aliphatic heterocycles. The van der Waals surface area contributed by atoms with E-state index in [1.165, 1.54) is 14.0 Å². The van der Waals surface area contributed by atoms with Crippen LogP contribution in [0.4, 0.5) is 8.78 Å². The van der Waals surface area contributed by atoms with Crippen molar-refractivity contribution in [3.8, 4) is 0 Å². The number of hydrogen-bond donors (Lipinski definition) is 1. The summed E-state index contributed by atoms with van der Waals surface area (Å²) in [6, 6.07) is 2.96. The third kappa shape index (κ3) is 3.43. The molecular formula is C17H16F2N2O5. The van der Waals surface area contributed by atoms with Gasteiger partial charge in [-0.15, -0.1) is 0 Å². The third-order valence-electron chi connectivity index (χ3n) is 4.09. The van der Waals surface area contributed by atoms with Crippen molar-refractivity contribution < 1.29 is 32.7 Å². The summed E-state index contributed by atoms with van der Waals surface area (Å²) >= 11 is 0. The summed E-state index contributed by atoms with van der Waals surface area (Å²) in [5, 5.41) is 6.38. The molecule has 1 unspecified atom stereocenters. The molecule has 9 heteroatoms. The Hall–Kier alpha value is -2.81. The van der Waals surface area contributed by atoms with Crippen LogP contribution in [0.5, 0.6) is 0 Å². The Kier molecular flexibility index (Phi) is 4.73. The van der Waals surface area contributed by atoms with Gasteiger partial charge in [-0.3, -0.25) is 4.79 Å². The van der Waals surface area contributed by atoms with Crippen molar-refractivity contribution in [3.05, 3.63) is 46.7 Å². The minimum Gasteiger partial charge on any atom is -0.466 e. The molecule has 1 atom stereocenters. The lowest BCUT2D eigenvalue weighted by Gasteiger charge is -2.21. The van der Waals surface area contributed by atoms with E-state index in [9.17, 15) is 18.4 Å². The summed E-state index contributed by atoms with van der Waals surface area (Å²) in [5.74, 6) is -2.66. The Labute approximate surface area is 147 Å². The van der Waals surface area contributed by atoms with Gasteiger partial charge in [-0.1, -0.05) is 5.16 Å². The fourth-order valence-electron chi connectivity index (χ4n) is 2.65. The van der Waals surface area contributed by atoms with E-state index in [1.54, 1.807) is 0 Å². The van der Waals surface area contributed by atoms with Crippen LogP contribution in [-0.4, -0.2) is 43.5 Å². The molecule has 0 saturated carbocycles. The molecule has 0 bridgehead atoms. The van der Waals surface area contributed by atoms with E-state index in [0.29, 0.717) is 0 Å². The molecule has 1 N–H and O–H groups in total. The summed E-state index contributed by atoms with van der Waals surface area (Å²) in [6.07, 6.45) is 0.00339. The van der Waals surface area contributed by atoms with Crippen LogP contribution in [0, 0.1) is 11.6 Å². The normalized spacial score (nSPS) is 22.1. The molecule has 0 fully saturated rings. The van der Waals surface area contributed by atoms with Crippen molar-refractivity contribution in [1.82, 2.24) is 5.32 Å². The van der Waals surface area contributed by atoms with E-state index >= 15 is 0 Å². The molecular weight excluding hydrogens is 350 g/mol. The highest BCUT2D eigenvalue weighted by Crippen LogP contribution is 2.28. The van der Waals surface area contributed by atoms with Gasteiger partial charge in [0, 0.05) is 18.1 Å². The molecule has 1 aromatic rings. The van der Waals surface area contributed by atoms with Crippen LogP contribution < -0.4 is 5.32 Å². The topological polar surface area (TPSA) is 86.2 Å². The number of rotatable bonds is 4. The summed E-state index contributed by atoms with van der Waals surface area (Å²) in [4.78, 5) is 29.5. The van der Waals surface area contributed by atoms with Gasteiger partial charge in [0.1, 0.15) is 11.6 Å². The molecule has 0 saturated heterocycles. The molecule has 3 rings (SSSR count). The van der Waals surface area contributed by atoms with E-state index in [1.807, 2.05) is 0 Å². The maximum atomic E-state index is 13.4. The zero-order valence-corrected chi connectivity index (χ0v) is 14.1. The van der Waals surface area contributed by atoms with Gasteiger partial charge < -0.3 is 19.6 Å². The van der Waals surface area contributed by atoms with E-state index in [2.05, 4.69) is 15.2 Å². The molecule has 2 heterocycles. The van der Waals surface area contributed by atoms with Crippen molar-refractivity contribution >= 4 is 17.6 Å². The number of carbonyl (C=O) groups excluding carboxylic acids is 2. The summed E-state index contributed by atoms with van der Waals surface area (Å²) in [7, 11) is 1.23. The van der Waals surface area contributed by atoms with Gasteiger partial charge in [0.05, 0.1) is 37.3 Å². The van der Waals surface area contributed by atoms with Crippen LogP contribution in [0.3, 0.4) is 0 Å². The number of amides is 1. The summed E-state index contributed by atoms with van der Waals surface area (Å²) < 4.78 is 36.6. The summed E-state index contributed by atoms with van der Waals surface area (Å²) in [5.41, 5.74) is -0.453. The highest BCUT2D eigenvalue weighted by Gasteiger charge is 2.43. The zero-order chi connectivity index (χ0) is 18.9. The van der Waals surface area contributed by atoms with Gasteiger partial charge >= 0.3 is 5.97 Å². The van der Waals surface area contributed by atoms with E-state index in [0.717, 1.165) is 18.2 Å². The second kappa shape index (κ2) is 6.83. The fraction of sp³-hybridized carbons (Fsp3) is 0.353.